The molecule has 0 aliphatic carbocycles. The average Bonchev–Trinajstić information content (AvgIpc) is 2.40. The Kier molecular flexibility index (Phi) is 4.15. The number of nitrogens with zero attached hydrogens (tertiary/aromatic N) is 1. The Morgan fingerprint density at radius 2 is 2.05 bits per heavy atom. The van der Waals surface area contributed by atoms with E-state index < -0.39 is 23.8 Å². The smallest absolute Gasteiger partial charge is 0.328 e. The number of hydrogen-bond acceptors (Lipinski definition) is 3. The molecular weight excluding hydrogens is 307 g/mol. The first-order valence-corrected chi connectivity index (χ1v) is 6.41. The number of aliphatic carboxylic acids is 1. The minimum Gasteiger partial charge on any atom is -0.480 e. The summed E-state index contributed by atoms with van der Waals surface area (Å²) in [6.45, 7) is -0.475. The van der Waals surface area contributed by atoms with Crippen molar-refractivity contribution in [3.63, 3.8) is 0 Å². The Balaban J connectivity index is 2.36. The Hall–Kier alpha value is -1.79. The van der Waals surface area contributed by atoms with Gasteiger partial charge in [0.25, 0.3) is 5.91 Å². The Morgan fingerprint density at radius 1 is 1.35 bits per heavy atom. The molecule has 2 rings (SSSR count). The van der Waals surface area contributed by atoms with Crippen molar-refractivity contribution in [2.75, 3.05) is 13.1 Å². The predicted molar refractivity (Wildman–Crippen MR) is 71.9 cm³/mol. The summed E-state index contributed by atoms with van der Waals surface area (Å²) in [7, 11) is 0. The van der Waals surface area contributed by atoms with Crippen LogP contribution in [0.15, 0.2) is 18.2 Å². The van der Waals surface area contributed by atoms with Crippen LogP contribution in [-0.4, -0.2) is 46.9 Å². The van der Waals surface area contributed by atoms with Crippen LogP contribution in [0.4, 0.5) is 0 Å². The molecule has 1 heterocycles. The molecule has 1 unspecified atom stereocenters. The molecule has 2 N–H and O–H groups in total. The van der Waals surface area contributed by atoms with Crippen LogP contribution in [0.1, 0.15) is 10.4 Å². The number of halogens is 2. The monoisotopic (exact) mass is 316 g/mol. The van der Waals surface area contributed by atoms with E-state index in [1.54, 1.807) is 0 Å². The number of carboxylic acids is 1. The predicted octanol–water partition coefficient (Wildman–Crippen LogP) is 1.02. The van der Waals surface area contributed by atoms with Crippen molar-refractivity contribution in [2.45, 2.75) is 6.04 Å². The summed E-state index contributed by atoms with van der Waals surface area (Å²) >= 11 is 11.7. The van der Waals surface area contributed by atoms with Gasteiger partial charge in [0.15, 0.2) is 0 Å². The lowest BCUT2D eigenvalue weighted by molar-refractivity contribution is -0.144. The van der Waals surface area contributed by atoms with Gasteiger partial charge in [0.1, 0.15) is 12.6 Å². The van der Waals surface area contributed by atoms with Crippen molar-refractivity contribution < 1.29 is 19.5 Å². The molecular formula is C12H10Cl2N2O4. The van der Waals surface area contributed by atoms with Crippen molar-refractivity contribution in [3.05, 3.63) is 33.8 Å². The van der Waals surface area contributed by atoms with Crippen molar-refractivity contribution in [1.82, 2.24) is 10.2 Å². The zero-order chi connectivity index (χ0) is 14.9. The lowest BCUT2D eigenvalue weighted by Crippen LogP contribution is -2.59. The van der Waals surface area contributed by atoms with E-state index in [2.05, 4.69) is 5.32 Å². The van der Waals surface area contributed by atoms with Gasteiger partial charge in [0, 0.05) is 11.6 Å². The van der Waals surface area contributed by atoms with E-state index in [1.165, 1.54) is 18.2 Å². The number of carbonyl (C=O) groups is 3. The largest absolute Gasteiger partial charge is 0.480 e. The molecule has 0 radical (unpaired) electrons. The van der Waals surface area contributed by atoms with Gasteiger partial charge in [0.2, 0.25) is 5.91 Å². The van der Waals surface area contributed by atoms with Gasteiger partial charge in [-0.1, -0.05) is 23.2 Å². The SMILES string of the molecule is O=C1CN(C(=O)c2cc(Cl)ccc2Cl)C(C(=O)O)CN1. The van der Waals surface area contributed by atoms with Crippen molar-refractivity contribution in [3.8, 4) is 0 Å². The summed E-state index contributed by atoms with van der Waals surface area (Å²) < 4.78 is 0. The zero-order valence-corrected chi connectivity index (χ0v) is 11.6. The number of carbonyl (C=O) groups excluding carboxylic acids is 2. The highest BCUT2D eigenvalue weighted by atomic mass is 35.5. The van der Waals surface area contributed by atoms with Crippen molar-refractivity contribution >= 4 is 41.0 Å². The lowest BCUT2D eigenvalue weighted by Gasteiger charge is -2.32. The van der Waals surface area contributed by atoms with Crippen molar-refractivity contribution in [1.29, 1.82) is 0 Å². The molecule has 106 valence electrons. The third-order valence-electron chi connectivity index (χ3n) is 2.89. The number of hydrogen-bond donors (Lipinski definition) is 2. The van der Waals surface area contributed by atoms with Gasteiger partial charge in [-0.15, -0.1) is 0 Å². The summed E-state index contributed by atoms with van der Waals surface area (Å²) in [6, 6.07) is 3.17. The second-order valence-corrected chi connectivity index (χ2v) is 5.06. The van der Waals surface area contributed by atoms with E-state index in [-0.39, 0.29) is 23.7 Å². The maximum absolute atomic E-state index is 12.4. The number of carboxylic acid groups (broad SMARTS) is 1. The molecule has 0 bridgehead atoms. The van der Waals surface area contributed by atoms with Gasteiger partial charge < -0.3 is 15.3 Å². The minimum atomic E-state index is -1.20. The van der Waals surface area contributed by atoms with E-state index in [0.717, 1.165) is 4.90 Å². The van der Waals surface area contributed by atoms with E-state index in [9.17, 15) is 14.4 Å². The Bertz CT molecular complexity index is 591. The topological polar surface area (TPSA) is 86.7 Å². The molecule has 1 saturated heterocycles. The Morgan fingerprint density at radius 3 is 2.70 bits per heavy atom. The quantitative estimate of drug-likeness (QED) is 0.852. The summed E-state index contributed by atoms with van der Waals surface area (Å²) in [5.74, 6) is -2.26. The molecule has 1 aromatic rings. The molecule has 0 saturated carbocycles. The highest BCUT2D eigenvalue weighted by Gasteiger charge is 2.36. The molecule has 20 heavy (non-hydrogen) atoms. The van der Waals surface area contributed by atoms with Crippen LogP contribution in [0.2, 0.25) is 10.0 Å². The van der Waals surface area contributed by atoms with Crippen LogP contribution < -0.4 is 5.32 Å². The molecule has 1 atom stereocenters. The summed E-state index contributed by atoms with van der Waals surface area (Å²) in [4.78, 5) is 35.9. The zero-order valence-electron chi connectivity index (χ0n) is 10.1. The summed E-state index contributed by atoms with van der Waals surface area (Å²) in [6.07, 6.45) is 0. The van der Waals surface area contributed by atoms with Crippen molar-refractivity contribution in [2.24, 2.45) is 0 Å². The summed E-state index contributed by atoms with van der Waals surface area (Å²) in [5, 5.41) is 12.0. The van der Waals surface area contributed by atoms with E-state index in [1.807, 2.05) is 0 Å². The van der Waals surface area contributed by atoms with E-state index in [0.29, 0.717) is 5.02 Å². The molecule has 1 fully saturated rings. The molecule has 6 nitrogen and oxygen atoms in total. The number of amides is 2. The van der Waals surface area contributed by atoms with Crippen LogP contribution in [0.25, 0.3) is 0 Å². The second-order valence-electron chi connectivity index (χ2n) is 4.22. The fourth-order valence-electron chi connectivity index (χ4n) is 1.89. The van der Waals surface area contributed by atoms with E-state index >= 15 is 0 Å². The van der Waals surface area contributed by atoms with Gasteiger partial charge in [-0.25, -0.2) is 4.79 Å². The normalized spacial score (nSPS) is 18.6. The molecule has 8 heteroatoms. The molecule has 1 aliphatic heterocycles. The fraction of sp³-hybridized carbons (Fsp3) is 0.250. The van der Waals surface area contributed by atoms with Gasteiger partial charge in [-0.3, -0.25) is 9.59 Å². The van der Waals surface area contributed by atoms with Gasteiger partial charge >= 0.3 is 5.97 Å². The number of benzene rings is 1. The number of rotatable bonds is 2. The molecule has 1 aliphatic rings. The average molecular weight is 317 g/mol. The Labute approximate surface area is 124 Å². The van der Waals surface area contributed by atoms with Crippen LogP contribution in [-0.2, 0) is 9.59 Å². The van der Waals surface area contributed by atoms with Crippen LogP contribution in [0.3, 0.4) is 0 Å². The molecule has 2 amide bonds. The maximum Gasteiger partial charge on any atom is 0.328 e. The molecule has 0 aromatic heterocycles. The lowest BCUT2D eigenvalue weighted by atomic mass is 10.1. The first kappa shape index (κ1) is 14.6. The first-order chi connectivity index (χ1) is 9.40. The second kappa shape index (κ2) is 5.68. The van der Waals surface area contributed by atoms with Crippen LogP contribution in [0.5, 0.6) is 0 Å². The summed E-state index contributed by atoms with van der Waals surface area (Å²) in [5.41, 5.74) is 0.0696. The highest BCUT2D eigenvalue weighted by Crippen LogP contribution is 2.23. The van der Waals surface area contributed by atoms with Gasteiger partial charge in [0.05, 0.1) is 10.6 Å². The third-order valence-corrected chi connectivity index (χ3v) is 3.45. The highest BCUT2D eigenvalue weighted by molar-refractivity contribution is 6.35. The standard InChI is InChI=1S/C12H10Cl2N2O4/c13-6-1-2-8(14)7(3-6)11(18)16-5-10(17)15-4-9(16)12(19)20/h1-3,9H,4-5H2,(H,15,17)(H,19,20). The van der Waals surface area contributed by atoms with Gasteiger partial charge in [-0.05, 0) is 18.2 Å². The minimum absolute atomic E-state index is 0.0696. The number of piperazine rings is 1. The number of nitrogens with one attached hydrogen (secondary N) is 1. The third kappa shape index (κ3) is 2.86. The van der Waals surface area contributed by atoms with Crippen LogP contribution in [0, 0.1) is 0 Å². The van der Waals surface area contributed by atoms with Gasteiger partial charge in [-0.2, -0.15) is 0 Å². The van der Waals surface area contributed by atoms with Crippen LogP contribution >= 0.6 is 23.2 Å². The first-order valence-electron chi connectivity index (χ1n) is 5.65. The maximum atomic E-state index is 12.4. The molecule has 1 aromatic carbocycles. The molecule has 0 spiro atoms. The van der Waals surface area contributed by atoms with E-state index in [4.69, 9.17) is 28.3 Å². The fourth-order valence-corrected chi connectivity index (χ4v) is 2.26.